The molecule has 4 nitrogen and oxygen atoms in total. The summed E-state index contributed by atoms with van der Waals surface area (Å²) in [6.07, 6.45) is 0.826. The fourth-order valence-corrected chi connectivity index (χ4v) is 3.62. The zero-order valence-electron chi connectivity index (χ0n) is 12.5. The van der Waals surface area contributed by atoms with Crippen LogP contribution in [0.5, 0.6) is 0 Å². The number of carbonyl (C=O) groups excluding carboxylic acids is 1. The maximum Gasteiger partial charge on any atom is 0.261 e. The van der Waals surface area contributed by atoms with Gasteiger partial charge in [0, 0.05) is 27.3 Å². The van der Waals surface area contributed by atoms with Crippen LogP contribution >= 0.6 is 26.6 Å². The molecule has 21 heavy (non-hydrogen) atoms. The van der Waals surface area contributed by atoms with E-state index >= 15 is 0 Å². The van der Waals surface area contributed by atoms with E-state index in [1.54, 1.807) is 13.0 Å². The molecule has 1 amide bonds. The third-order valence-corrected chi connectivity index (χ3v) is 4.90. The van der Waals surface area contributed by atoms with Gasteiger partial charge in [-0.15, -0.1) is 0 Å². The van der Waals surface area contributed by atoms with Crippen molar-refractivity contribution in [3.63, 3.8) is 0 Å². The molecule has 0 saturated carbocycles. The molecule has 1 aromatic rings. The van der Waals surface area contributed by atoms with E-state index in [2.05, 4.69) is 42.0 Å². The molecule has 0 radical (unpaired) electrons. The van der Waals surface area contributed by atoms with Crippen molar-refractivity contribution in [3.05, 3.63) is 27.7 Å². The molecule has 0 aliphatic rings. The van der Waals surface area contributed by atoms with Gasteiger partial charge in [-0.3, -0.25) is 4.79 Å². The molecule has 0 aromatic heterocycles. The third-order valence-electron chi connectivity index (χ3n) is 2.99. The average molecular weight is 397 g/mol. The van der Waals surface area contributed by atoms with Crippen LogP contribution in [0.15, 0.2) is 21.5 Å². The van der Waals surface area contributed by atoms with E-state index in [0.29, 0.717) is 22.1 Å². The summed E-state index contributed by atoms with van der Waals surface area (Å²) in [5, 5.41) is 2.80. The van der Waals surface area contributed by atoms with Crippen molar-refractivity contribution in [2.75, 3.05) is 6.54 Å². The molecule has 1 aromatic carbocycles. The summed E-state index contributed by atoms with van der Waals surface area (Å²) in [4.78, 5) is 12.2. The molecule has 0 aliphatic heterocycles. The lowest BCUT2D eigenvalue weighted by molar-refractivity contribution is 0.0948. The fraction of sp³-hybridized carbons (Fsp3) is 0.500. The van der Waals surface area contributed by atoms with Gasteiger partial charge < -0.3 is 5.32 Å². The van der Waals surface area contributed by atoms with Crippen LogP contribution in [0.1, 0.15) is 43.1 Å². The number of carbonyl (C=O) groups is 1. The summed E-state index contributed by atoms with van der Waals surface area (Å²) < 4.78 is 23.6. The first-order valence-corrected chi connectivity index (χ1v) is 9.55. The lowest BCUT2D eigenvalue weighted by Crippen LogP contribution is -2.28. The monoisotopic (exact) mass is 395 g/mol. The number of hydrogen-bond donors (Lipinski definition) is 1. The van der Waals surface area contributed by atoms with Crippen molar-refractivity contribution in [2.24, 2.45) is 5.41 Å². The highest BCUT2D eigenvalue weighted by molar-refractivity contribution is 9.10. The molecule has 0 unspecified atom stereocenters. The van der Waals surface area contributed by atoms with Crippen LogP contribution in [0.2, 0.25) is 0 Å². The van der Waals surface area contributed by atoms with E-state index in [-0.39, 0.29) is 16.2 Å². The molecule has 0 aliphatic carbocycles. The lowest BCUT2D eigenvalue weighted by Gasteiger charge is -2.18. The maximum absolute atomic E-state index is 12.2. The standard InChI is InChI=1S/C14H19BrClNO3S/c1-9-11(13(18)17-6-5-14(2,3)4)7-10(15)8-12(9)21(16,19)20/h7-8H,5-6H2,1-4H3,(H,17,18). The topological polar surface area (TPSA) is 63.2 Å². The SMILES string of the molecule is Cc1c(C(=O)NCCC(C)(C)C)cc(Br)cc1S(=O)(=O)Cl. The van der Waals surface area contributed by atoms with E-state index in [1.807, 2.05) is 0 Å². The second-order valence-electron chi connectivity index (χ2n) is 6.08. The van der Waals surface area contributed by atoms with Crippen LogP contribution in [0.3, 0.4) is 0 Å². The van der Waals surface area contributed by atoms with E-state index < -0.39 is 9.05 Å². The summed E-state index contributed by atoms with van der Waals surface area (Å²) in [5.74, 6) is -0.306. The Kier molecular flexibility index (Phi) is 5.86. The molecular weight excluding hydrogens is 378 g/mol. The van der Waals surface area contributed by atoms with Gasteiger partial charge in [-0.2, -0.15) is 0 Å². The number of nitrogens with one attached hydrogen (secondary N) is 1. The Labute approximate surface area is 138 Å². The van der Waals surface area contributed by atoms with Crippen molar-refractivity contribution in [1.29, 1.82) is 0 Å². The molecule has 0 spiro atoms. The van der Waals surface area contributed by atoms with Crippen LogP contribution in [0.4, 0.5) is 0 Å². The van der Waals surface area contributed by atoms with E-state index in [0.717, 1.165) is 6.42 Å². The summed E-state index contributed by atoms with van der Waals surface area (Å²) >= 11 is 3.20. The molecule has 118 valence electrons. The molecule has 0 bridgehead atoms. The normalized spacial score (nSPS) is 12.3. The predicted octanol–water partition coefficient (Wildman–Crippen LogP) is 3.85. The third kappa shape index (κ3) is 5.60. The highest BCUT2D eigenvalue weighted by Crippen LogP contribution is 2.27. The van der Waals surface area contributed by atoms with E-state index in [1.165, 1.54) is 6.07 Å². The molecule has 0 fully saturated rings. The van der Waals surface area contributed by atoms with Crippen LogP contribution in [-0.4, -0.2) is 20.9 Å². The van der Waals surface area contributed by atoms with E-state index in [9.17, 15) is 13.2 Å². The van der Waals surface area contributed by atoms with Gasteiger partial charge in [0.05, 0.1) is 4.90 Å². The average Bonchev–Trinajstić information content (AvgIpc) is 2.28. The first-order chi connectivity index (χ1) is 9.42. The van der Waals surface area contributed by atoms with Gasteiger partial charge >= 0.3 is 0 Å². The number of hydrogen-bond acceptors (Lipinski definition) is 3. The first-order valence-electron chi connectivity index (χ1n) is 6.45. The molecule has 0 saturated heterocycles. The highest BCUT2D eigenvalue weighted by atomic mass is 79.9. The van der Waals surface area contributed by atoms with Gasteiger partial charge in [-0.1, -0.05) is 36.7 Å². The summed E-state index contributed by atoms with van der Waals surface area (Å²) in [6, 6.07) is 2.98. The molecule has 0 atom stereocenters. The number of amides is 1. The Morgan fingerprint density at radius 1 is 1.33 bits per heavy atom. The van der Waals surface area contributed by atoms with Gasteiger partial charge in [0.25, 0.3) is 15.0 Å². The number of benzene rings is 1. The Bertz CT molecular complexity index is 651. The Morgan fingerprint density at radius 3 is 2.38 bits per heavy atom. The summed E-state index contributed by atoms with van der Waals surface area (Å²) in [6.45, 7) is 8.35. The van der Waals surface area contributed by atoms with Gasteiger partial charge in [0.2, 0.25) is 0 Å². The zero-order valence-corrected chi connectivity index (χ0v) is 15.6. The quantitative estimate of drug-likeness (QED) is 0.786. The van der Waals surface area contributed by atoms with Gasteiger partial charge in [0.15, 0.2) is 0 Å². The van der Waals surface area contributed by atoms with Crippen molar-refractivity contribution in [2.45, 2.75) is 39.0 Å². The van der Waals surface area contributed by atoms with Crippen LogP contribution in [-0.2, 0) is 9.05 Å². The Balaban J connectivity index is 3.03. The van der Waals surface area contributed by atoms with Crippen molar-refractivity contribution >= 4 is 41.6 Å². The van der Waals surface area contributed by atoms with Crippen molar-refractivity contribution < 1.29 is 13.2 Å². The van der Waals surface area contributed by atoms with Crippen molar-refractivity contribution in [1.82, 2.24) is 5.32 Å². The van der Waals surface area contributed by atoms with Crippen molar-refractivity contribution in [3.8, 4) is 0 Å². The molecule has 1 rings (SSSR count). The van der Waals surface area contributed by atoms with Crippen LogP contribution in [0, 0.1) is 12.3 Å². The second kappa shape index (κ2) is 6.67. The molecule has 7 heteroatoms. The van der Waals surface area contributed by atoms with Crippen LogP contribution < -0.4 is 5.32 Å². The first kappa shape index (κ1) is 18.5. The van der Waals surface area contributed by atoms with Gasteiger partial charge in [-0.25, -0.2) is 8.42 Å². The van der Waals surface area contributed by atoms with E-state index in [4.69, 9.17) is 10.7 Å². The number of rotatable bonds is 4. The highest BCUT2D eigenvalue weighted by Gasteiger charge is 2.20. The molecular formula is C14H19BrClNO3S. The second-order valence-corrected chi connectivity index (χ2v) is 9.53. The maximum atomic E-state index is 12.2. The minimum Gasteiger partial charge on any atom is -0.352 e. The minimum atomic E-state index is -3.89. The largest absolute Gasteiger partial charge is 0.352 e. The Morgan fingerprint density at radius 2 is 1.90 bits per heavy atom. The van der Waals surface area contributed by atoms with Gasteiger partial charge in [-0.05, 0) is 36.5 Å². The summed E-state index contributed by atoms with van der Waals surface area (Å²) in [7, 11) is 1.50. The lowest BCUT2D eigenvalue weighted by atomic mass is 9.92. The smallest absolute Gasteiger partial charge is 0.261 e. The van der Waals surface area contributed by atoms with Gasteiger partial charge in [0.1, 0.15) is 0 Å². The minimum absolute atomic E-state index is 0.0560. The molecule has 0 heterocycles. The fourth-order valence-electron chi connectivity index (χ4n) is 1.79. The van der Waals surface area contributed by atoms with Crippen LogP contribution in [0.25, 0.3) is 0 Å². The zero-order chi connectivity index (χ0) is 16.4. The number of halogens is 2. The molecule has 1 N–H and O–H groups in total. The predicted molar refractivity (Wildman–Crippen MR) is 88.3 cm³/mol. The summed E-state index contributed by atoms with van der Waals surface area (Å²) in [5.41, 5.74) is 0.767. The Hall–Kier alpha value is -0.590.